The third kappa shape index (κ3) is 3.18. The predicted octanol–water partition coefficient (Wildman–Crippen LogP) is 2.31. The molecule has 0 aromatic carbocycles. The molecule has 1 amide bonds. The van der Waals surface area contributed by atoms with Crippen molar-refractivity contribution < 1.29 is 18.0 Å². The molecule has 2 aromatic rings. The Morgan fingerprint density at radius 2 is 2.10 bits per heavy atom. The van der Waals surface area contributed by atoms with Crippen molar-refractivity contribution in [1.29, 1.82) is 0 Å². The summed E-state index contributed by atoms with van der Waals surface area (Å²) in [6.45, 7) is 0. The zero-order valence-corrected chi connectivity index (χ0v) is 10.4. The Bertz CT molecular complexity index is 634. The standard InChI is InChI=1S/C10H7ClF3N5O/c11-6-1-4(2-7(15)18-6)8(20)19-9-16-3-5(17-9)10(12,13)14/h1-3H,(H2,15,18)(H2,16,17,19,20). The maximum Gasteiger partial charge on any atom is 0.432 e. The molecule has 0 aliphatic heterocycles. The van der Waals surface area contributed by atoms with Gasteiger partial charge in [-0.05, 0) is 12.1 Å². The summed E-state index contributed by atoms with van der Waals surface area (Å²) in [7, 11) is 0. The highest BCUT2D eigenvalue weighted by atomic mass is 35.5. The van der Waals surface area contributed by atoms with Gasteiger partial charge >= 0.3 is 6.18 Å². The summed E-state index contributed by atoms with van der Waals surface area (Å²) in [5, 5.41) is 2.15. The van der Waals surface area contributed by atoms with Crippen LogP contribution in [0.5, 0.6) is 0 Å². The normalized spacial score (nSPS) is 11.4. The summed E-state index contributed by atoms with van der Waals surface area (Å²) in [5.41, 5.74) is 4.38. The highest BCUT2D eigenvalue weighted by Gasteiger charge is 2.33. The molecule has 4 N–H and O–H groups in total. The first-order valence-corrected chi connectivity index (χ1v) is 5.50. The number of aromatic nitrogens is 3. The zero-order valence-electron chi connectivity index (χ0n) is 9.62. The number of aromatic amines is 1. The van der Waals surface area contributed by atoms with Crippen LogP contribution in [0.25, 0.3) is 0 Å². The van der Waals surface area contributed by atoms with E-state index in [4.69, 9.17) is 17.3 Å². The number of nitrogens with one attached hydrogen (secondary N) is 2. The number of hydrogen-bond donors (Lipinski definition) is 3. The molecule has 0 unspecified atom stereocenters. The van der Waals surface area contributed by atoms with Gasteiger partial charge in [0, 0.05) is 5.56 Å². The molecule has 0 radical (unpaired) electrons. The minimum Gasteiger partial charge on any atom is -0.384 e. The van der Waals surface area contributed by atoms with E-state index < -0.39 is 17.8 Å². The summed E-state index contributed by atoms with van der Waals surface area (Å²) in [6, 6.07) is 2.45. The number of carbonyl (C=O) groups excluding carboxylic acids is 1. The molecule has 0 aliphatic carbocycles. The Hall–Kier alpha value is -2.29. The molecule has 0 fully saturated rings. The van der Waals surface area contributed by atoms with Gasteiger partial charge in [0.15, 0.2) is 0 Å². The molecule has 6 nitrogen and oxygen atoms in total. The Morgan fingerprint density at radius 1 is 1.40 bits per heavy atom. The number of halogens is 4. The van der Waals surface area contributed by atoms with Crippen molar-refractivity contribution in [2.75, 3.05) is 11.1 Å². The number of nitrogen functional groups attached to an aromatic ring is 1. The quantitative estimate of drug-likeness (QED) is 0.742. The number of imidazole rings is 1. The van der Waals surface area contributed by atoms with Crippen LogP contribution >= 0.6 is 11.6 Å². The van der Waals surface area contributed by atoms with Gasteiger partial charge in [0.25, 0.3) is 5.91 Å². The van der Waals surface area contributed by atoms with E-state index in [0.29, 0.717) is 6.20 Å². The van der Waals surface area contributed by atoms with E-state index in [1.165, 1.54) is 12.1 Å². The molecule has 2 heterocycles. The number of pyridine rings is 1. The molecule has 2 rings (SSSR count). The SMILES string of the molecule is Nc1cc(C(=O)Nc2ncc(C(F)(F)F)[nH]2)cc(Cl)n1. The average molecular weight is 306 g/mol. The van der Waals surface area contributed by atoms with Gasteiger partial charge in [-0.3, -0.25) is 10.1 Å². The lowest BCUT2D eigenvalue weighted by Gasteiger charge is -2.04. The largest absolute Gasteiger partial charge is 0.432 e. The summed E-state index contributed by atoms with van der Waals surface area (Å²) < 4.78 is 37.0. The van der Waals surface area contributed by atoms with Crippen LogP contribution in [0, 0.1) is 0 Å². The number of amides is 1. The first-order chi connectivity index (χ1) is 9.25. The van der Waals surface area contributed by atoms with Gasteiger partial charge in [0.1, 0.15) is 16.7 Å². The van der Waals surface area contributed by atoms with E-state index in [-0.39, 0.29) is 22.5 Å². The van der Waals surface area contributed by atoms with Crippen LogP contribution in [0.1, 0.15) is 16.1 Å². The second-order valence-electron chi connectivity index (χ2n) is 3.70. The zero-order chi connectivity index (χ0) is 14.9. The average Bonchev–Trinajstić information content (AvgIpc) is 2.75. The van der Waals surface area contributed by atoms with Crippen LogP contribution in [-0.4, -0.2) is 20.9 Å². The van der Waals surface area contributed by atoms with Crippen LogP contribution < -0.4 is 11.1 Å². The first-order valence-electron chi connectivity index (χ1n) is 5.12. The molecule has 20 heavy (non-hydrogen) atoms. The minimum atomic E-state index is -4.57. The van der Waals surface area contributed by atoms with Gasteiger partial charge in [-0.1, -0.05) is 11.6 Å². The van der Waals surface area contributed by atoms with Gasteiger partial charge < -0.3 is 10.7 Å². The van der Waals surface area contributed by atoms with Crippen LogP contribution in [0.4, 0.5) is 24.9 Å². The monoisotopic (exact) mass is 305 g/mol. The fourth-order valence-corrected chi connectivity index (χ4v) is 1.57. The van der Waals surface area contributed by atoms with E-state index in [2.05, 4.69) is 15.3 Å². The molecule has 10 heteroatoms. The topological polar surface area (TPSA) is 96.7 Å². The van der Waals surface area contributed by atoms with E-state index >= 15 is 0 Å². The van der Waals surface area contributed by atoms with Crippen molar-refractivity contribution in [3.8, 4) is 0 Å². The molecule has 0 aliphatic rings. The van der Waals surface area contributed by atoms with Gasteiger partial charge in [0.2, 0.25) is 5.95 Å². The Morgan fingerprint density at radius 3 is 2.65 bits per heavy atom. The van der Waals surface area contributed by atoms with Crippen molar-refractivity contribution in [1.82, 2.24) is 15.0 Å². The lowest BCUT2D eigenvalue weighted by Crippen LogP contribution is -2.14. The van der Waals surface area contributed by atoms with Crippen molar-refractivity contribution in [3.63, 3.8) is 0 Å². The van der Waals surface area contributed by atoms with Crippen LogP contribution in [0.15, 0.2) is 18.3 Å². The first kappa shape index (κ1) is 14.1. The molecular weight excluding hydrogens is 299 g/mol. The second-order valence-corrected chi connectivity index (χ2v) is 4.09. The lowest BCUT2D eigenvalue weighted by atomic mass is 10.2. The van der Waals surface area contributed by atoms with E-state index in [0.717, 1.165) is 0 Å². The van der Waals surface area contributed by atoms with E-state index in [1.807, 2.05) is 4.98 Å². The number of carbonyl (C=O) groups is 1. The number of rotatable bonds is 2. The fraction of sp³-hybridized carbons (Fsp3) is 0.100. The van der Waals surface area contributed by atoms with Crippen molar-refractivity contribution in [2.45, 2.75) is 6.18 Å². The molecule has 0 atom stereocenters. The number of nitrogens with two attached hydrogens (primary N) is 1. The number of H-pyrrole nitrogens is 1. The maximum atomic E-state index is 12.3. The van der Waals surface area contributed by atoms with Crippen molar-refractivity contribution in [2.24, 2.45) is 0 Å². The summed E-state index contributed by atoms with van der Waals surface area (Å²) in [5.74, 6) is -1.05. The number of anilines is 2. The van der Waals surface area contributed by atoms with Gasteiger partial charge in [-0.15, -0.1) is 0 Å². The lowest BCUT2D eigenvalue weighted by molar-refractivity contribution is -0.140. The summed E-state index contributed by atoms with van der Waals surface area (Å²) in [6.07, 6.45) is -4.00. The smallest absolute Gasteiger partial charge is 0.384 e. The number of alkyl halides is 3. The molecule has 106 valence electrons. The molecule has 0 saturated carbocycles. The Balaban J connectivity index is 2.17. The third-order valence-electron chi connectivity index (χ3n) is 2.19. The van der Waals surface area contributed by atoms with Gasteiger partial charge in [0.05, 0.1) is 6.20 Å². The van der Waals surface area contributed by atoms with Crippen LogP contribution in [0.2, 0.25) is 5.15 Å². The number of hydrogen-bond acceptors (Lipinski definition) is 4. The highest BCUT2D eigenvalue weighted by molar-refractivity contribution is 6.30. The fourth-order valence-electron chi connectivity index (χ4n) is 1.36. The molecule has 2 aromatic heterocycles. The van der Waals surface area contributed by atoms with Gasteiger partial charge in [-0.25, -0.2) is 9.97 Å². The molecule has 0 bridgehead atoms. The predicted molar refractivity (Wildman–Crippen MR) is 65.2 cm³/mol. The third-order valence-corrected chi connectivity index (χ3v) is 2.38. The van der Waals surface area contributed by atoms with Crippen molar-refractivity contribution >= 4 is 29.3 Å². The summed E-state index contributed by atoms with van der Waals surface area (Å²) in [4.78, 5) is 20.8. The minimum absolute atomic E-state index is 0.00873. The molecular formula is C10H7ClF3N5O. The molecule has 0 saturated heterocycles. The van der Waals surface area contributed by atoms with Gasteiger partial charge in [-0.2, -0.15) is 13.2 Å². The number of nitrogens with zero attached hydrogens (tertiary/aromatic N) is 2. The van der Waals surface area contributed by atoms with Crippen LogP contribution in [0.3, 0.4) is 0 Å². The molecule has 0 spiro atoms. The maximum absolute atomic E-state index is 12.3. The van der Waals surface area contributed by atoms with E-state index in [1.54, 1.807) is 0 Å². The highest BCUT2D eigenvalue weighted by Crippen LogP contribution is 2.28. The van der Waals surface area contributed by atoms with Crippen LogP contribution in [-0.2, 0) is 6.18 Å². The second kappa shape index (κ2) is 5.00. The van der Waals surface area contributed by atoms with E-state index in [9.17, 15) is 18.0 Å². The van der Waals surface area contributed by atoms with Crippen molar-refractivity contribution in [3.05, 3.63) is 34.7 Å². The Labute approximate surface area is 115 Å². The summed E-state index contributed by atoms with van der Waals surface area (Å²) >= 11 is 5.62. The Kier molecular flexibility index (Phi) is 3.53.